The Morgan fingerprint density at radius 2 is 1.62 bits per heavy atom. The number of nitrogen functional groups attached to an aromatic ring is 1. The van der Waals surface area contributed by atoms with Crippen LogP contribution in [0.4, 0.5) is 5.69 Å². The van der Waals surface area contributed by atoms with Gasteiger partial charge in [0, 0.05) is 18.7 Å². The normalized spacial score (nSPS) is 14.0. The van der Waals surface area contributed by atoms with Crippen molar-refractivity contribution in [3.05, 3.63) is 90.0 Å². The molecule has 3 aromatic carbocycles. The fourth-order valence-electron chi connectivity index (χ4n) is 3.25. The summed E-state index contributed by atoms with van der Waals surface area (Å²) in [5.74, 6) is 2.42. The highest BCUT2D eigenvalue weighted by Crippen LogP contribution is 2.33. The maximum absolute atomic E-state index is 6.44. The summed E-state index contributed by atoms with van der Waals surface area (Å²) in [6.45, 7) is 2.15. The third-order valence-electron chi connectivity index (χ3n) is 4.79. The molecule has 3 N–H and O–H groups in total. The summed E-state index contributed by atoms with van der Waals surface area (Å²) in [6.07, 6.45) is 0.540. The second-order valence-corrected chi connectivity index (χ2v) is 6.95. The highest BCUT2D eigenvalue weighted by atomic mass is 16.5. The summed E-state index contributed by atoms with van der Waals surface area (Å²) < 4.78 is 12.5. The molecule has 0 spiro atoms. The van der Waals surface area contributed by atoms with Crippen LogP contribution >= 0.6 is 0 Å². The molecule has 1 atom stereocenters. The fraction of sp³-hybridized carbons (Fsp3) is 0.208. The first-order valence-electron chi connectivity index (χ1n) is 9.83. The van der Waals surface area contributed by atoms with Crippen molar-refractivity contribution < 1.29 is 9.47 Å². The molecule has 5 heteroatoms. The molecule has 0 saturated carbocycles. The zero-order chi connectivity index (χ0) is 19.9. The van der Waals surface area contributed by atoms with Crippen LogP contribution in [-0.4, -0.2) is 18.9 Å². The zero-order valence-corrected chi connectivity index (χ0v) is 16.3. The predicted molar refractivity (Wildman–Crippen MR) is 116 cm³/mol. The topological polar surface area (TPSA) is 68.9 Å². The van der Waals surface area contributed by atoms with Gasteiger partial charge in [-0.3, -0.25) is 4.99 Å². The molecule has 0 aliphatic carbocycles. The Morgan fingerprint density at radius 3 is 2.34 bits per heavy atom. The second-order valence-electron chi connectivity index (χ2n) is 6.95. The van der Waals surface area contributed by atoms with Crippen molar-refractivity contribution in [1.29, 1.82) is 0 Å². The van der Waals surface area contributed by atoms with Gasteiger partial charge in [-0.1, -0.05) is 54.6 Å². The SMILES string of the molecule is Nc1ccc(COc2ccccc2OC(CC2=NCCN2)c2ccccc2)cc1. The molecule has 1 aliphatic heterocycles. The number of rotatable bonds is 8. The van der Waals surface area contributed by atoms with E-state index in [1.807, 2.05) is 66.7 Å². The lowest BCUT2D eigenvalue weighted by molar-refractivity contribution is 0.195. The molecule has 148 valence electrons. The molecule has 0 radical (unpaired) electrons. The summed E-state index contributed by atoms with van der Waals surface area (Å²) in [5, 5.41) is 3.34. The monoisotopic (exact) mass is 387 g/mol. The van der Waals surface area contributed by atoms with E-state index in [-0.39, 0.29) is 6.10 Å². The molecule has 3 aromatic rings. The molecule has 0 bridgehead atoms. The van der Waals surface area contributed by atoms with E-state index in [1.165, 1.54) is 0 Å². The molecular formula is C24H25N3O2. The number of hydrogen-bond donors (Lipinski definition) is 2. The lowest BCUT2D eigenvalue weighted by Gasteiger charge is -2.21. The Balaban J connectivity index is 1.51. The van der Waals surface area contributed by atoms with Crippen LogP contribution in [-0.2, 0) is 6.61 Å². The van der Waals surface area contributed by atoms with Crippen LogP contribution in [0.15, 0.2) is 83.9 Å². The van der Waals surface area contributed by atoms with Gasteiger partial charge in [-0.2, -0.15) is 0 Å². The Labute approximate surface area is 171 Å². The first-order chi connectivity index (χ1) is 14.3. The van der Waals surface area contributed by atoms with Crippen LogP contribution in [0.1, 0.15) is 23.7 Å². The van der Waals surface area contributed by atoms with Crippen molar-refractivity contribution in [3.63, 3.8) is 0 Å². The molecule has 4 rings (SSSR count). The van der Waals surface area contributed by atoms with E-state index >= 15 is 0 Å². The lowest BCUT2D eigenvalue weighted by atomic mass is 10.1. The fourth-order valence-corrected chi connectivity index (χ4v) is 3.25. The van der Waals surface area contributed by atoms with Gasteiger partial charge in [0.15, 0.2) is 11.5 Å². The number of para-hydroxylation sites is 2. The molecule has 0 fully saturated rings. The third-order valence-corrected chi connectivity index (χ3v) is 4.79. The minimum absolute atomic E-state index is 0.151. The molecular weight excluding hydrogens is 362 g/mol. The van der Waals surface area contributed by atoms with E-state index in [1.54, 1.807) is 0 Å². The Hall–Kier alpha value is -3.47. The number of anilines is 1. The molecule has 1 unspecified atom stereocenters. The number of nitrogens with two attached hydrogens (primary N) is 1. The Kier molecular flexibility index (Phi) is 5.95. The van der Waals surface area contributed by atoms with Crippen LogP contribution in [0.3, 0.4) is 0 Å². The van der Waals surface area contributed by atoms with Crippen molar-refractivity contribution in [1.82, 2.24) is 5.32 Å². The molecule has 0 amide bonds. The van der Waals surface area contributed by atoms with E-state index in [2.05, 4.69) is 22.4 Å². The second kappa shape index (κ2) is 9.15. The standard InChI is InChI=1S/C24H25N3O2/c25-20-12-10-18(11-13-20)17-28-21-8-4-5-9-22(21)29-23(16-24-26-14-15-27-24)19-6-2-1-3-7-19/h1-13,23H,14-17,25H2,(H,26,27). The van der Waals surface area contributed by atoms with Gasteiger partial charge in [-0.05, 0) is 35.4 Å². The molecule has 1 heterocycles. The third kappa shape index (κ3) is 5.08. The highest BCUT2D eigenvalue weighted by molar-refractivity contribution is 5.84. The van der Waals surface area contributed by atoms with Crippen LogP contribution in [0, 0.1) is 0 Å². The number of nitrogens with one attached hydrogen (secondary N) is 1. The number of amidine groups is 1. The summed E-state index contributed by atoms with van der Waals surface area (Å²) >= 11 is 0. The highest BCUT2D eigenvalue weighted by Gasteiger charge is 2.20. The van der Waals surface area contributed by atoms with Crippen LogP contribution in [0.5, 0.6) is 11.5 Å². The van der Waals surface area contributed by atoms with Gasteiger partial charge in [0.2, 0.25) is 0 Å². The summed E-state index contributed by atoms with van der Waals surface area (Å²) in [5.41, 5.74) is 8.66. The minimum Gasteiger partial charge on any atom is -0.485 e. The largest absolute Gasteiger partial charge is 0.485 e. The van der Waals surface area contributed by atoms with Crippen LogP contribution < -0.4 is 20.5 Å². The van der Waals surface area contributed by atoms with Gasteiger partial charge < -0.3 is 20.5 Å². The van der Waals surface area contributed by atoms with Crippen molar-refractivity contribution in [2.75, 3.05) is 18.8 Å². The maximum atomic E-state index is 6.44. The smallest absolute Gasteiger partial charge is 0.162 e. The van der Waals surface area contributed by atoms with Crippen molar-refractivity contribution in [2.45, 2.75) is 19.1 Å². The average molecular weight is 387 g/mol. The first kappa shape index (κ1) is 18.9. The Bertz CT molecular complexity index is 955. The summed E-state index contributed by atoms with van der Waals surface area (Å²) in [6, 6.07) is 25.7. The van der Waals surface area contributed by atoms with E-state index in [4.69, 9.17) is 15.2 Å². The summed E-state index contributed by atoms with van der Waals surface area (Å²) in [4.78, 5) is 4.53. The van der Waals surface area contributed by atoms with Gasteiger partial charge in [0.1, 0.15) is 18.5 Å². The molecule has 29 heavy (non-hydrogen) atoms. The molecule has 1 aliphatic rings. The van der Waals surface area contributed by atoms with Gasteiger partial charge in [0.05, 0.1) is 6.54 Å². The van der Waals surface area contributed by atoms with E-state index in [0.717, 1.165) is 41.5 Å². The van der Waals surface area contributed by atoms with Gasteiger partial charge in [-0.15, -0.1) is 0 Å². The predicted octanol–water partition coefficient (Wildman–Crippen LogP) is 4.36. The average Bonchev–Trinajstić information content (AvgIpc) is 3.28. The van der Waals surface area contributed by atoms with Crippen LogP contribution in [0.2, 0.25) is 0 Å². The van der Waals surface area contributed by atoms with Crippen molar-refractivity contribution in [3.8, 4) is 11.5 Å². The molecule has 0 aromatic heterocycles. The number of benzene rings is 3. The lowest BCUT2D eigenvalue weighted by Crippen LogP contribution is -2.23. The van der Waals surface area contributed by atoms with Crippen molar-refractivity contribution in [2.24, 2.45) is 4.99 Å². The van der Waals surface area contributed by atoms with Gasteiger partial charge >= 0.3 is 0 Å². The number of nitrogens with zero attached hydrogens (tertiary/aromatic N) is 1. The van der Waals surface area contributed by atoms with E-state index < -0.39 is 0 Å². The number of aliphatic imine (C=N–C) groups is 1. The number of ether oxygens (including phenoxy) is 2. The quantitative estimate of drug-likeness (QED) is 0.564. The molecule has 5 nitrogen and oxygen atoms in total. The zero-order valence-electron chi connectivity index (χ0n) is 16.3. The molecule has 0 saturated heterocycles. The van der Waals surface area contributed by atoms with Gasteiger partial charge in [0.25, 0.3) is 0 Å². The van der Waals surface area contributed by atoms with Crippen molar-refractivity contribution >= 4 is 11.5 Å². The first-order valence-corrected chi connectivity index (χ1v) is 9.83. The number of hydrogen-bond acceptors (Lipinski definition) is 5. The van der Waals surface area contributed by atoms with E-state index in [9.17, 15) is 0 Å². The van der Waals surface area contributed by atoms with Gasteiger partial charge in [-0.25, -0.2) is 0 Å². The maximum Gasteiger partial charge on any atom is 0.162 e. The summed E-state index contributed by atoms with van der Waals surface area (Å²) in [7, 11) is 0. The van der Waals surface area contributed by atoms with Crippen LogP contribution in [0.25, 0.3) is 0 Å². The minimum atomic E-state index is -0.151. The van der Waals surface area contributed by atoms with E-state index in [0.29, 0.717) is 18.8 Å². The Morgan fingerprint density at radius 1 is 0.897 bits per heavy atom.